The summed E-state index contributed by atoms with van der Waals surface area (Å²) in [4.78, 5) is 17.7. The molecule has 3 rings (SSSR count). The Morgan fingerprint density at radius 2 is 1.89 bits per heavy atom. The number of pyridine rings is 1. The molecule has 0 bridgehead atoms. The van der Waals surface area contributed by atoms with Gasteiger partial charge in [-0.05, 0) is 26.3 Å². The number of nitrogens with zero attached hydrogens (tertiary/aromatic N) is 2. The lowest BCUT2D eigenvalue weighted by atomic mass is 10.0. The first-order valence-electron chi connectivity index (χ1n) is 7.82. The lowest BCUT2D eigenvalue weighted by Gasteiger charge is -2.26. The molecule has 1 amide bonds. The van der Waals surface area contributed by atoms with Crippen molar-refractivity contribution in [2.75, 3.05) is 11.9 Å². The fraction of sp³-hybridized carbons (Fsp3) is 0.368. The highest BCUT2D eigenvalue weighted by Gasteiger charge is 2.33. The Labute approximate surface area is 167 Å². The lowest BCUT2D eigenvalue weighted by Crippen LogP contribution is -2.34. The van der Waals surface area contributed by atoms with Crippen LogP contribution in [0.2, 0.25) is 10.0 Å². The maximum absolute atomic E-state index is 14.6. The van der Waals surface area contributed by atoms with Gasteiger partial charge in [-0.2, -0.15) is 0 Å². The zero-order valence-electron chi connectivity index (χ0n) is 14.6. The largest absolute Gasteiger partial charge is 0.443 e. The number of anilines is 1. The molecule has 0 spiro atoms. The van der Waals surface area contributed by atoms with Crippen LogP contribution in [0.1, 0.15) is 39.5 Å². The molecule has 146 valence electrons. The Morgan fingerprint density at radius 3 is 2.48 bits per heavy atom. The number of amides is 1. The second kappa shape index (κ2) is 7.24. The molecule has 0 radical (unpaired) electrons. The van der Waals surface area contributed by atoms with Crippen LogP contribution >= 0.6 is 23.2 Å². The minimum Gasteiger partial charge on any atom is -0.443 e. The third-order valence-corrected chi connectivity index (χ3v) is 4.75. The van der Waals surface area contributed by atoms with Crippen molar-refractivity contribution < 1.29 is 18.3 Å². The first kappa shape index (κ1) is 21.4. The Balaban J connectivity index is 0.00000261. The smallest absolute Gasteiger partial charge is 0.414 e. The second-order valence-electron chi connectivity index (χ2n) is 7.00. The Kier molecular flexibility index (Phi) is 5.74. The zero-order valence-corrected chi connectivity index (χ0v) is 16.1. The molecule has 1 aliphatic carbocycles. The summed E-state index contributed by atoms with van der Waals surface area (Å²) in [6, 6.07) is 0.972. The van der Waals surface area contributed by atoms with Crippen LogP contribution in [0.25, 0.3) is 11.1 Å². The highest BCUT2D eigenvalue weighted by Crippen LogP contribution is 2.47. The number of hydrogen-bond donors (Lipinski definition) is 0. The van der Waals surface area contributed by atoms with E-state index in [2.05, 4.69) is 4.98 Å². The molecule has 0 N–H and O–H groups in total. The van der Waals surface area contributed by atoms with Crippen molar-refractivity contribution in [3.63, 3.8) is 0 Å². The summed E-state index contributed by atoms with van der Waals surface area (Å²) in [7, 11) is 1.44. The van der Waals surface area contributed by atoms with Crippen molar-refractivity contribution in [2.24, 2.45) is 0 Å². The van der Waals surface area contributed by atoms with Crippen LogP contribution in [0.15, 0.2) is 12.3 Å². The van der Waals surface area contributed by atoms with Crippen molar-refractivity contribution in [3.8, 4) is 11.1 Å². The standard InChI is InChI=1S/C18H16Cl2F2N2O2.CH4/c1-18(2,3)26-17(25)24(4)12-6-10(21)16(22)13-8(12)5-11-14(13)15(20)9(19)7-23-11;/h6-7H,5H2,1-4H3;1H4. The number of ether oxygens (including phenoxy) is 1. The van der Waals surface area contributed by atoms with E-state index in [1.807, 2.05) is 0 Å². The van der Waals surface area contributed by atoms with Gasteiger partial charge in [-0.3, -0.25) is 9.88 Å². The average molecular weight is 417 g/mol. The molecule has 1 aliphatic rings. The Hall–Kier alpha value is -1.92. The van der Waals surface area contributed by atoms with Gasteiger partial charge in [0.25, 0.3) is 0 Å². The van der Waals surface area contributed by atoms with Crippen LogP contribution < -0.4 is 4.90 Å². The minimum absolute atomic E-state index is 0. The van der Waals surface area contributed by atoms with Crippen LogP contribution in [0.5, 0.6) is 0 Å². The van der Waals surface area contributed by atoms with Crippen molar-refractivity contribution in [3.05, 3.63) is 45.2 Å². The van der Waals surface area contributed by atoms with E-state index in [1.54, 1.807) is 20.8 Å². The molecule has 1 heterocycles. The molecular weight excluding hydrogens is 397 g/mol. The number of rotatable bonds is 1. The monoisotopic (exact) mass is 416 g/mol. The molecule has 0 unspecified atom stereocenters. The highest BCUT2D eigenvalue weighted by molar-refractivity contribution is 6.43. The van der Waals surface area contributed by atoms with Gasteiger partial charge in [0.1, 0.15) is 5.60 Å². The van der Waals surface area contributed by atoms with Crippen molar-refractivity contribution >= 4 is 35.0 Å². The molecule has 0 atom stereocenters. The predicted octanol–water partition coefficient (Wildman–Crippen LogP) is 6.25. The Bertz CT molecular complexity index is 927. The molecule has 0 aliphatic heterocycles. The number of hydrogen-bond acceptors (Lipinski definition) is 3. The second-order valence-corrected chi connectivity index (χ2v) is 7.79. The number of carbonyl (C=O) groups excluding carboxylic acids is 1. The maximum Gasteiger partial charge on any atom is 0.414 e. The molecular formula is C19H20Cl2F2N2O2. The van der Waals surface area contributed by atoms with Gasteiger partial charge in [-0.1, -0.05) is 30.6 Å². The van der Waals surface area contributed by atoms with Crippen LogP contribution in [-0.4, -0.2) is 23.7 Å². The molecule has 8 heteroatoms. The molecule has 0 fully saturated rings. The molecule has 0 saturated carbocycles. The van der Waals surface area contributed by atoms with Crippen LogP contribution in [0.3, 0.4) is 0 Å². The van der Waals surface area contributed by atoms with Gasteiger partial charge >= 0.3 is 6.09 Å². The van der Waals surface area contributed by atoms with Gasteiger partial charge in [0.05, 0.1) is 21.4 Å². The summed E-state index contributed by atoms with van der Waals surface area (Å²) >= 11 is 12.2. The molecule has 27 heavy (non-hydrogen) atoms. The summed E-state index contributed by atoms with van der Waals surface area (Å²) in [5, 5.41) is 0.245. The van der Waals surface area contributed by atoms with Crippen molar-refractivity contribution in [1.82, 2.24) is 4.98 Å². The van der Waals surface area contributed by atoms with Gasteiger partial charge < -0.3 is 4.74 Å². The van der Waals surface area contributed by atoms with Gasteiger partial charge in [-0.25, -0.2) is 13.6 Å². The van der Waals surface area contributed by atoms with Gasteiger partial charge in [0.2, 0.25) is 0 Å². The molecule has 1 aromatic heterocycles. The maximum atomic E-state index is 14.6. The van der Waals surface area contributed by atoms with Gasteiger partial charge in [0.15, 0.2) is 11.6 Å². The van der Waals surface area contributed by atoms with Crippen molar-refractivity contribution in [1.29, 1.82) is 0 Å². The molecule has 4 nitrogen and oxygen atoms in total. The topological polar surface area (TPSA) is 42.4 Å². The average Bonchev–Trinajstić information content (AvgIpc) is 2.92. The van der Waals surface area contributed by atoms with Gasteiger partial charge in [0, 0.05) is 36.9 Å². The lowest BCUT2D eigenvalue weighted by molar-refractivity contribution is 0.0589. The summed E-state index contributed by atoms with van der Waals surface area (Å²) in [6.45, 7) is 5.15. The predicted molar refractivity (Wildman–Crippen MR) is 104 cm³/mol. The number of benzene rings is 1. The SMILES string of the molecule is C.CN(C(=O)OC(C)(C)C)c1cc(F)c(F)c2c1Cc1ncc(Cl)c(Cl)c1-2. The molecule has 2 aromatic rings. The first-order chi connectivity index (χ1) is 12.0. The third kappa shape index (κ3) is 3.73. The summed E-state index contributed by atoms with van der Waals surface area (Å²) in [5.74, 6) is -2.15. The summed E-state index contributed by atoms with van der Waals surface area (Å²) in [5.41, 5.74) is 0.574. The number of aromatic nitrogens is 1. The third-order valence-electron chi connectivity index (χ3n) is 3.98. The first-order valence-corrected chi connectivity index (χ1v) is 8.57. The minimum atomic E-state index is -1.10. The number of halogens is 4. The van der Waals surface area contributed by atoms with E-state index in [4.69, 9.17) is 27.9 Å². The van der Waals surface area contributed by atoms with E-state index >= 15 is 0 Å². The number of fused-ring (bicyclic) bond motifs is 3. The van der Waals surface area contributed by atoms with Crippen LogP contribution in [0, 0.1) is 11.6 Å². The van der Waals surface area contributed by atoms with Crippen LogP contribution in [-0.2, 0) is 11.2 Å². The van der Waals surface area contributed by atoms with E-state index in [0.717, 1.165) is 11.0 Å². The zero-order chi connectivity index (χ0) is 19.4. The van der Waals surface area contributed by atoms with E-state index in [-0.39, 0.29) is 40.7 Å². The summed E-state index contributed by atoms with van der Waals surface area (Å²) < 4.78 is 34.2. The van der Waals surface area contributed by atoms with Crippen LogP contribution in [0.4, 0.5) is 19.3 Å². The highest BCUT2D eigenvalue weighted by atomic mass is 35.5. The molecule has 0 saturated heterocycles. The van der Waals surface area contributed by atoms with E-state index < -0.39 is 23.3 Å². The normalized spacial score (nSPS) is 12.1. The van der Waals surface area contributed by atoms with Gasteiger partial charge in [-0.15, -0.1) is 0 Å². The fourth-order valence-electron chi connectivity index (χ4n) is 2.88. The number of carbonyl (C=O) groups is 1. The van der Waals surface area contributed by atoms with E-state index in [9.17, 15) is 13.6 Å². The van der Waals surface area contributed by atoms with Crippen molar-refractivity contribution in [2.45, 2.75) is 40.2 Å². The van der Waals surface area contributed by atoms with E-state index in [0.29, 0.717) is 11.3 Å². The summed E-state index contributed by atoms with van der Waals surface area (Å²) in [6.07, 6.45) is 0.875. The Morgan fingerprint density at radius 1 is 1.26 bits per heavy atom. The van der Waals surface area contributed by atoms with E-state index in [1.165, 1.54) is 13.2 Å². The quantitative estimate of drug-likeness (QED) is 0.470. The fourth-order valence-corrected chi connectivity index (χ4v) is 3.27. The molecule has 1 aromatic carbocycles.